The van der Waals surface area contributed by atoms with Crippen molar-refractivity contribution in [3.8, 4) is 0 Å². The molecular formula is C19H22N2O4S. The number of aliphatic hydroxyl groups excluding tert-OH is 1. The van der Waals surface area contributed by atoms with E-state index in [1.807, 2.05) is 32.0 Å². The quantitative estimate of drug-likeness (QED) is 0.832. The standard InChI is InChI=1S/C19H22N2O4S/c1-13-5-3-7-16(14(13)2)10-20-19(23)15-6-4-8-18(9-15)26(24,25)21-11-17(22)12-21/h3-9,17,22H,10-12H2,1-2H3,(H,20,23). The Morgan fingerprint density at radius 3 is 2.58 bits per heavy atom. The van der Waals surface area contributed by atoms with Crippen LogP contribution < -0.4 is 5.32 Å². The summed E-state index contributed by atoms with van der Waals surface area (Å²) in [6.45, 7) is 4.58. The van der Waals surface area contributed by atoms with Gasteiger partial charge in [-0.15, -0.1) is 0 Å². The van der Waals surface area contributed by atoms with Crippen LogP contribution in [-0.4, -0.2) is 42.9 Å². The number of hydrogen-bond donors (Lipinski definition) is 2. The number of amides is 1. The number of sulfonamides is 1. The van der Waals surface area contributed by atoms with Crippen LogP contribution in [0.4, 0.5) is 0 Å². The Kier molecular flexibility index (Phi) is 5.13. The van der Waals surface area contributed by atoms with Crippen molar-refractivity contribution < 1.29 is 18.3 Å². The molecule has 2 N–H and O–H groups in total. The molecule has 138 valence electrons. The van der Waals surface area contributed by atoms with E-state index in [2.05, 4.69) is 5.32 Å². The van der Waals surface area contributed by atoms with E-state index in [-0.39, 0.29) is 29.5 Å². The predicted octanol–water partition coefficient (Wildman–Crippen LogP) is 1.60. The van der Waals surface area contributed by atoms with Gasteiger partial charge in [0.25, 0.3) is 5.91 Å². The fourth-order valence-corrected chi connectivity index (χ4v) is 4.40. The zero-order valence-electron chi connectivity index (χ0n) is 14.8. The summed E-state index contributed by atoms with van der Waals surface area (Å²) in [6, 6.07) is 11.9. The second-order valence-corrected chi connectivity index (χ2v) is 8.48. The number of rotatable bonds is 5. The molecule has 1 fully saturated rings. The molecule has 0 aromatic heterocycles. The van der Waals surface area contributed by atoms with Gasteiger partial charge in [-0.1, -0.05) is 24.3 Å². The highest BCUT2D eigenvalue weighted by molar-refractivity contribution is 7.89. The summed E-state index contributed by atoms with van der Waals surface area (Å²) in [5.41, 5.74) is 3.59. The number of nitrogens with one attached hydrogen (secondary N) is 1. The number of aryl methyl sites for hydroxylation is 1. The average molecular weight is 374 g/mol. The molecule has 0 radical (unpaired) electrons. The molecule has 26 heavy (non-hydrogen) atoms. The van der Waals surface area contributed by atoms with E-state index in [1.165, 1.54) is 16.4 Å². The molecule has 1 heterocycles. The molecule has 1 amide bonds. The van der Waals surface area contributed by atoms with Gasteiger partial charge in [0.2, 0.25) is 10.0 Å². The summed E-state index contributed by atoms with van der Waals surface area (Å²) >= 11 is 0. The highest BCUT2D eigenvalue weighted by Crippen LogP contribution is 2.22. The minimum absolute atomic E-state index is 0.0591. The third kappa shape index (κ3) is 3.65. The Hall–Kier alpha value is -2.22. The Morgan fingerprint density at radius 1 is 1.19 bits per heavy atom. The van der Waals surface area contributed by atoms with Crippen LogP contribution in [0.15, 0.2) is 47.4 Å². The minimum atomic E-state index is -3.68. The molecule has 7 heteroatoms. The van der Waals surface area contributed by atoms with E-state index in [4.69, 9.17) is 0 Å². The molecule has 1 saturated heterocycles. The van der Waals surface area contributed by atoms with Gasteiger partial charge in [0.1, 0.15) is 0 Å². The van der Waals surface area contributed by atoms with E-state index in [1.54, 1.807) is 12.1 Å². The summed E-state index contributed by atoms with van der Waals surface area (Å²) in [5, 5.41) is 12.2. The Labute approximate surface area is 153 Å². The first-order valence-corrected chi connectivity index (χ1v) is 9.84. The van der Waals surface area contributed by atoms with Crippen LogP contribution in [0.1, 0.15) is 27.0 Å². The van der Waals surface area contributed by atoms with E-state index in [9.17, 15) is 18.3 Å². The summed E-state index contributed by atoms with van der Waals surface area (Å²) in [5.74, 6) is -0.327. The second-order valence-electron chi connectivity index (χ2n) is 6.55. The second kappa shape index (κ2) is 7.19. The Morgan fingerprint density at radius 2 is 1.88 bits per heavy atom. The largest absolute Gasteiger partial charge is 0.390 e. The lowest BCUT2D eigenvalue weighted by atomic mass is 10.0. The molecule has 0 unspecified atom stereocenters. The zero-order valence-corrected chi connectivity index (χ0v) is 15.6. The van der Waals surface area contributed by atoms with Crippen LogP contribution >= 0.6 is 0 Å². The summed E-state index contributed by atoms with van der Waals surface area (Å²) in [6.07, 6.45) is -0.617. The summed E-state index contributed by atoms with van der Waals surface area (Å²) in [7, 11) is -3.68. The van der Waals surface area contributed by atoms with Crippen molar-refractivity contribution >= 4 is 15.9 Å². The molecule has 1 aliphatic rings. The van der Waals surface area contributed by atoms with Crippen molar-refractivity contribution in [1.82, 2.24) is 9.62 Å². The molecule has 3 rings (SSSR count). The SMILES string of the molecule is Cc1cccc(CNC(=O)c2cccc(S(=O)(=O)N3CC(O)C3)c2)c1C. The van der Waals surface area contributed by atoms with Gasteiger partial charge < -0.3 is 10.4 Å². The Bertz CT molecular complexity index is 934. The first-order valence-electron chi connectivity index (χ1n) is 8.40. The van der Waals surface area contributed by atoms with Gasteiger partial charge in [0.05, 0.1) is 11.0 Å². The number of β-amino-alcohol motifs (C(OH)–C–C–N with tert-alkyl or cyclic N) is 1. The van der Waals surface area contributed by atoms with Gasteiger partial charge in [-0.25, -0.2) is 8.42 Å². The van der Waals surface area contributed by atoms with Gasteiger partial charge in [-0.3, -0.25) is 4.79 Å². The van der Waals surface area contributed by atoms with Crippen LogP contribution in [0, 0.1) is 13.8 Å². The number of benzene rings is 2. The molecule has 0 saturated carbocycles. The van der Waals surface area contributed by atoms with Crippen LogP contribution in [0.5, 0.6) is 0 Å². The predicted molar refractivity (Wildman–Crippen MR) is 98.3 cm³/mol. The molecule has 6 nitrogen and oxygen atoms in total. The monoisotopic (exact) mass is 374 g/mol. The highest BCUT2D eigenvalue weighted by Gasteiger charge is 2.35. The van der Waals surface area contributed by atoms with Crippen LogP contribution in [-0.2, 0) is 16.6 Å². The minimum Gasteiger partial charge on any atom is -0.390 e. The normalized spacial score (nSPS) is 15.5. The first kappa shape index (κ1) is 18.6. The van der Waals surface area contributed by atoms with Crippen LogP contribution in [0.25, 0.3) is 0 Å². The third-order valence-corrected chi connectivity index (χ3v) is 6.55. The van der Waals surface area contributed by atoms with Crippen molar-refractivity contribution in [2.24, 2.45) is 0 Å². The number of carbonyl (C=O) groups excluding carboxylic acids is 1. The van der Waals surface area contributed by atoms with Gasteiger partial charge >= 0.3 is 0 Å². The number of nitrogens with zero attached hydrogens (tertiary/aromatic N) is 1. The lowest BCUT2D eigenvalue weighted by Gasteiger charge is -2.34. The van der Waals surface area contributed by atoms with E-state index in [0.29, 0.717) is 6.54 Å². The molecule has 0 spiro atoms. The van der Waals surface area contributed by atoms with Gasteiger partial charge in [-0.2, -0.15) is 4.31 Å². The Balaban J connectivity index is 1.73. The summed E-state index contributed by atoms with van der Waals surface area (Å²) < 4.78 is 26.2. The third-order valence-electron chi connectivity index (χ3n) is 4.72. The van der Waals surface area contributed by atoms with Crippen molar-refractivity contribution in [2.45, 2.75) is 31.4 Å². The summed E-state index contributed by atoms with van der Waals surface area (Å²) in [4.78, 5) is 12.5. The number of hydrogen-bond acceptors (Lipinski definition) is 4. The van der Waals surface area contributed by atoms with Gasteiger partial charge in [0, 0.05) is 25.2 Å². The van der Waals surface area contributed by atoms with Crippen LogP contribution in [0.2, 0.25) is 0 Å². The lowest BCUT2D eigenvalue weighted by Crippen LogP contribution is -2.53. The van der Waals surface area contributed by atoms with Crippen molar-refractivity contribution in [2.75, 3.05) is 13.1 Å². The maximum Gasteiger partial charge on any atom is 0.251 e. The fourth-order valence-electron chi connectivity index (χ4n) is 2.84. The highest BCUT2D eigenvalue weighted by atomic mass is 32.2. The maximum absolute atomic E-state index is 12.5. The lowest BCUT2D eigenvalue weighted by molar-refractivity contribution is 0.0547. The van der Waals surface area contributed by atoms with Gasteiger partial charge in [-0.05, 0) is 48.7 Å². The van der Waals surface area contributed by atoms with Crippen molar-refractivity contribution in [1.29, 1.82) is 0 Å². The molecule has 0 bridgehead atoms. The molecular weight excluding hydrogens is 352 g/mol. The van der Waals surface area contributed by atoms with Crippen molar-refractivity contribution in [3.05, 3.63) is 64.7 Å². The van der Waals surface area contributed by atoms with E-state index >= 15 is 0 Å². The van der Waals surface area contributed by atoms with E-state index in [0.717, 1.165) is 16.7 Å². The fraction of sp³-hybridized carbons (Fsp3) is 0.316. The van der Waals surface area contributed by atoms with Crippen molar-refractivity contribution in [3.63, 3.8) is 0 Å². The molecule has 2 aromatic rings. The zero-order chi connectivity index (χ0) is 18.9. The molecule has 0 aliphatic carbocycles. The van der Waals surface area contributed by atoms with E-state index < -0.39 is 16.1 Å². The smallest absolute Gasteiger partial charge is 0.251 e. The maximum atomic E-state index is 12.5. The number of carbonyl (C=O) groups is 1. The molecule has 1 aliphatic heterocycles. The first-order chi connectivity index (χ1) is 12.3. The topological polar surface area (TPSA) is 86.7 Å². The molecule has 2 aromatic carbocycles. The molecule has 0 atom stereocenters. The number of aliphatic hydroxyl groups is 1. The average Bonchev–Trinajstić information content (AvgIpc) is 2.60. The van der Waals surface area contributed by atoms with Gasteiger partial charge in [0.15, 0.2) is 0 Å². The van der Waals surface area contributed by atoms with Crippen LogP contribution in [0.3, 0.4) is 0 Å².